The number of benzene rings is 1. The Balaban J connectivity index is 1.46. The van der Waals surface area contributed by atoms with Crippen molar-refractivity contribution in [3.05, 3.63) is 39.9 Å². The Kier molecular flexibility index (Phi) is 3.59. The van der Waals surface area contributed by atoms with Crippen molar-refractivity contribution < 1.29 is 9.72 Å². The van der Waals surface area contributed by atoms with Crippen LogP contribution in [-0.2, 0) is 0 Å². The third kappa shape index (κ3) is 2.99. The van der Waals surface area contributed by atoms with Gasteiger partial charge in [0.2, 0.25) is 0 Å². The predicted molar refractivity (Wildman–Crippen MR) is 95.6 cm³/mol. The number of rotatable bonds is 5. The van der Waals surface area contributed by atoms with E-state index < -0.39 is 4.92 Å². The number of ketones is 1. The van der Waals surface area contributed by atoms with E-state index in [0.29, 0.717) is 22.9 Å². The zero-order valence-electron chi connectivity index (χ0n) is 15.0. The van der Waals surface area contributed by atoms with E-state index in [1.165, 1.54) is 50.7 Å². The summed E-state index contributed by atoms with van der Waals surface area (Å²) in [5.74, 6) is 0.800. The molecule has 1 aromatic carbocycles. The maximum absolute atomic E-state index is 12.5. The molecule has 4 fully saturated rings. The number of carbonyl (C=O) groups excluding carboxylic acids is 1. The van der Waals surface area contributed by atoms with E-state index in [1.807, 2.05) is 0 Å². The monoisotopic (exact) mass is 342 g/mol. The molecule has 0 saturated heterocycles. The first-order valence-electron chi connectivity index (χ1n) is 9.23. The Labute approximate surface area is 148 Å². The lowest BCUT2D eigenvalue weighted by molar-refractivity contribution is -0.384. The lowest BCUT2D eigenvalue weighted by atomic mass is 9.43. The number of hydrogen-bond donors (Lipinski definition) is 1. The van der Waals surface area contributed by atoms with Gasteiger partial charge in [0, 0.05) is 23.2 Å². The molecule has 2 atom stereocenters. The molecule has 5 rings (SSSR count). The van der Waals surface area contributed by atoms with Crippen LogP contribution in [0.2, 0.25) is 0 Å². The maximum Gasteiger partial charge on any atom is 0.269 e. The van der Waals surface area contributed by atoms with Gasteiger partial charge in [0.15, 0.2) is 5.78 Å². The summed E-state index contributed by atoms with van der Waals surface area (Å²) in [7, 11) is 0. The van der Waals surface area contributed by atoms with Gasteiger partial charge in [-0.3, -0.25) is 14.9 Å². The summed E-state index contributed by atoms with van der Waals surface area (Å²) in [5, 5.41) is 14.4. The number of nitrogens with one attached hydrogen (secondary N) is 1. The SMILES string of the molecule is CC12CC3CC(C)(C1)CC(NCC(=O)c1ccc([N+](=O)[O-])cc1)(C3)C2. The molecule has 4 bridgehead atoms. The molecule has 5 nitrogen and oxygen atoms in total. The molecular formula is C20H26N2O3. The van der Waals surface area contributed by atoms with E-state index in [2.05, 4.69) is 19.2 Å². The first-order valence-corrected chi connectivity index (χ1v) is 9.23. The number of nitro groups is 1. The van der Waals surface area contributed by atoms with Gasteiger partial charge in [-0.05, 0) is 67.4 Å². The molecule has 134 valence electrons. The predicted octanol–water partition coefficient (Wildman–Crippen LogP) is 4.12. The van der Waals surface area contributed by atoms with Crippen LogP contribution in [0.15, 0.2) is 24.3 Å². The minimum Gasteiger partial charge on any atom is -0.304 e. The van der Waals surface area contributed by atoms with Crippen LogP contribution >= 0.6 is 0 Å². The Morgan fingerprint density at radius 2 is 1.72 bits per heavy atom. The molecule has 2 unspecified atom stereocenters. The average Bonchev–Trinajstić information content (AvgIpc) is 2.49. The van der Waals surface area contributed by atoms with Gasteiger partial charge in [0.25, 0.3) is 5.69 Å². The van der Waals surface area contributed by atoms with Crippen molar-refractivity contribution in [3.63, 3.8) is 0 Å². The molecule has 5 heteroatoms. The zero-order chi connectivity index (χ0) is 17.9. The fourth-order valence-electron chi connectivity index (χ4n) is 6.78. The first kappa shape index (κ1) is 16.7. The fourth-order valence-corrected chi connectivity index (χ4v) is 6.78. The van der Waals surface area contributed by atoms with Gasteiger partial charge in [0.1, 0.15) is 0 Å². The van der Waals surface area contributed by atoms with Crippen molar-refractivity contribution in [2.75, 3.05) is 6.54 Å². The molecule has 1 N–H and O–H groups in total. The van der Waals surface area contributed by atoms with Gasteiger partial charge in [-0.15, -0.1) is 0 Å². The highest BCUT2D eigenvalue weighted by Crippen LogP contribution is 2.66. The zero-order valence-corrected chi connectivity index (χ0v) is 15.0. The fraction of sp³-hybridized carbons (Fsp3) is 0.650. The topological polar surface area (TPSA) is 72.2 Å². The number of nitro benzene ring substituents is 1. The summed E-state index contributed by atoms with van der Waals surface area (Å²) in [6.45, 7) is 5.16. The molecule has 4 saturated carbocycles. The third-order valence-electron chi connectivity index (χ3n) is 6.65. The second kappa shape index (κ2) is 5.37. The molecular weight excluding hydrogens is 316 g/mol. The van der Waals surface area contributed by atoms with Crippen LogP contribution in [0.5, 0.6) is 0 Å². The van der Waals surface area contributed by atoms with Gasteiger partial charge in [-0.2, -0.15) is 0 Å². The summed E-state index contributed by atoms with van der Waals surface area (Å²) in [6, 6.07) is 5.93. The Morgan fingerprint density at radius 3 is 2.24 bits per heavy atom. The van der Waals surface area contributed by atoms with E-state index in [1.54, 1.807) is 12.1 Å². The Morgan fingerprint density at radius 1 is 1.12 bits per heavy atom. The molecule has 0 heterocycles. The highest BCUT2D eigenvalue weighted by atomic mass is 16.6. The van der Waals surface area contributed by atoms with E-state index in [4.69, 9.17) is 0 Å². The smallest absolute Gasteiger partial charge is 0.269 e. The number of nitrogens with zero attached hydrogens (tertiary/aromatic N) is 1. The maximum atomic E-state index is 12.5. The van der Waals surface area contributed by atoms with Crippen LogP contribution in [0.1, 0.15) is 62.7 Å². The van der Waals surface area contributed by atoms with Crippen LogP contribution in [-0.4, -0.2) is 22.8 Å². The number of hydrogen-bond acceptors (Lipinski definition) is 4. The van der Waals surface area contributed by atoms with Crippen LogP contribution in [0.4, 0.5) is 5.69 Å². The van der Waals surface area contributed by atoms with Crippen LogP contribution in [0.3, 0.4) is 0 Å². The van der Waals surface area contributed by atoms with Crippen LogP contribution in [0, 0.1) is 26.9 Å². The van der Waals surface area contributed by atoms with Crippen molar-refractivity contribution in [3.8, 4) is 0 Å². The summed E-state index contributed by atoms with van der Waals surface area (Å²) in [5.41, 5.74) is 1.49. The normalized spacial score (nSPS) is 38.7. The van der Waals surface area contributed by atoms with Gasteiger partial charge < -0.3 is 5.32 Å². The van der Waals surface area contributed by atoms with Crippen molar-refractivity contribution in [2.45, 2.75) is 57.9 Å². The van der Waals surface area contributed by atoms with Crippen molar-refractivity contribution in [2.24, 2.45) is 16.7 Å². The second-order valence-corrected chi connectivity index (χ2v) is 9.49. The quantitative estimate of drug-likeness (QED) is 0.496. The summed E-state index contributed by atoms with van der Waals surface area (Å²) >= 11 is 0. The van der Waals surface area contributed by atoms with Crippen LogP contribution < -0.4 is 5.32 Å². The van der Waals surface area contributed by atoms with Gasteiger partial charge in [0.05, 0.1) is 11.5 Å². The highest BCUT2D eigenvalue weighted by Gasteiger charge is 2.59. The lowest BCUT2D eigenvalue weighted by Gasteiger charge is -2.65. The molecule has 0 amide bonds. The minimum atomic E-state index is -0.441. The molecule has 0 aliphatic heterocycles. The molecule has 4 aliphatic carbocycles. The van der Waals surface area contributed by atoms with E-state index in [9.17, 15) is 14.9 Å². The van der Waals surface area contributed by atoms with Crippen molar-refractivity contribution in [1.29, 1.82) is 0 Å². The third-order valence-corrected chi connectivity index (χ3v) is 6.65. The molecule has 1 aromatic rings. The molecule has 25 heavy (non-hydrogen) atoms. The number of carbonyl (C=O) groups is 1. The van der Waals surface area contributed by atoms with E-state index in [0.717, 1.165) is 5.92 Å². The van der Waals surface area contributed by atoms with E-state index in [-0.39, 0.29) is 17.0 Å². The number of non-ortho nitro benzene ring substituents is 1. The summed E-state index contributed by atoms with van der Waals surface area (Å²) in [4.78, 5) is 22.8. The average molecular weight is 342 g/mol. The summed E-state index contributed by atoms with van der Waals surface area (Å²) < 4.78 is 0. The van der Waals surface area contributed by atoms with E-state index >= 15 is 0 Å². The van der Waals surface area contributed by atoms with Gasteiger partial charge >= 0.3 is 0 Å². The minimum absolute atomic E-state index is 0.0148. The molecule has 0 aromatic heterocycles. The Bertz CT molecular complexity index is 709. The molecule has 0 spiro atoms. The Hall–Kier alpha value is -1.75. The molecule has 0 radical (unpaired) electrons. The first-order chi connectivity index (χ1) is 11.7. The molecule has 4 aliphatic rings. The van der Waals surface area contributed by atoms with Crippen molar-refractivity contribution in [1.82, 2.24) is 5.32 Å². The lowest BCUT2D eigenvalue weighted by Crippen LogP contribution is -2.64. The summed E-state index contributed by atoms with van der Waals surface area (Å²) in [6.07, 6.45) is 7.51. The van der Waals surface area contributed by atoms with Gasteiger partial charge in [-0.25, -0.2) is 0 Å². The largest absolute Gasteiger partial charge is 0.304 e. The second-order valence-electron chi connectivity index (χ2n) is 9.49. The standard InChI is InChI=1S/C20H26N2O3/c1-18-7-14-8-19(2,11-18)13-20(9-14,12-18)21-10-17(23)15-3-5-16(6-4-15)22(24)25/h3-6,14,21H,7-13H2,1-2H3. The highest BCUT2D eigenvalue weighted by molar-refractivity contribution is 5.97. The number of Topliss-reactive ketones (excluding diaryl/α,β-unsaturated/α-hetero) is 1. The van der Waals surface area contributed by atoms with Crippen LogP contribution in [0.25, 0.3) is 0 Å². The van der Waals surface area contributed by atoms with Gasteiger partial charge in [-0.1, -0.05) is 13.8 Å². The van der Waals surface area contributed by atoms with Crippen molar-refractivity contribution >= 4 is 11.5 Å².